The normalized spacial score (nSPS) is 18.5. The van der Waals surface area contributed by atoms with Crippen molar-refractivity contribution in [3.63, 3.8) is 0 Å². The average molecular weight is 234 g/mol. The minimum absolute atomic E-state index is 0.0790. The Hall–Kier alpha value is -2.04. The highest BCUT2D eigenvalue weighted by Crippen LogP contribution is 2.19. The summed E-state index contributed by atoms with van der Waals surface area (Å²) in [7, 11) is 0. The third-order valence-electron chi connectivity index (χ3n) is 2.72. The van der Waals surface area contributed by atoms with Gasteiger partial charge < -0.3 is 15.4 Å². The SMILES string of the molecule is Cc1cccc(C)c1NC(=O)C1COC(=O)N1. The molecule has 5 heteroatoms. The van der Waals surface area contributed by atoms with Crippen LogP contribution in [-0.2, 0) is 9.53 Å². The van der Waals surface area contributed by atoms with Crippen molar-refractivity contribution in [2.45, 2.75) is 19.9 Å². The van der Waals surface area contributed by atoms with E-state index in [-0.39, 0.29) is 12.5 Å². The van der Waals surface area contributed by atoms with Crippen LogP contribution in [0.15, 0.2) is 18.2 Å². The predicted octanol–water partition coefficient (Wildman–Crippen LogP) is 1.35. The van der Waals surface area contributed by atoms with Crippen molar-refractivity contribution in [2.75, 3.05) is 11.9 Å². The van der Waals surface area contributed by atoms with Crippen molar-refractivity contribution in [1.29, 1.82) is 0 Å². The van der Waals surface area contributed by atoms with Crippen molar-refractivity contribution >= 4 is 17.7 Å². The van der Waals surface area contributed by atoms with Crippen LogP contribution in [0.3, 0.4) is 0 Å². The first-order valence-electron chi connectivity index (χ1n) is 5.38. The molecule has 2 N–H and O–H groups in total. The molecule has 90 valence electrons. The molecule has 0 radical (unpaired) electrons. The molecule has 1 aromatic rings. The maximum Gasteiger partial charge on any atom is 0.407 e. The quantitative estimate of drug-likeness (QED) is 0.811. The Bertz CT molecular complexity index is 451. The Balaban J connectivity index is 2.11. The summed E-state index contributed by atoms with van der Waals surface area (Å²) < 4.78 is 4.67. The second kappa shape index (κ2) is 4.45. The van der Waals surface area contributed by atoms with E-state index in [4.69, 9.17) is 0 Å². The molecule has 1 unspecified atom stereocenters. The molecule has 0 aliphatic carbocycles. The van der Waals surface area contributed by atoms with Crippen molar-refractivity contribution in [2.24, 2.45) is 0 Å². The maximum atomic E-state index is 11.9. The van der Waals surface area contributed by atoms with Gasteiger partial charge in [-0.25, -0.2) is 4.79 Å². The zero-order valence-corrected chi connectivity index (χ0v) is 9.74. The minimum Gasteiger partial charge on any atom is -0.447 e. The number of ether oxygens (including phenoxy) is 1. The number of hydrogen-bond acceptors (Lipinski definition) is 3. The van der Waals surface area contributed by atoms with E-state index in [1.165, 1.54) is 0 Å². The van der Waals surface area contributed by atoms with Crippen molar-refractivity contribution in [1.82, 2.24) is 5.32 Å². The number of hydrogen-bond donors (Lipinski definition) is 2. The summed E-state index contributed by atoms with van der Waals surface area (Å²) in [5.74, 6) is -0.256. The molecular formula is C12H14N2O3. The number of benzene rings is 1. The number of anilines is 1. The number of carbonyl (C=O) groups excluding carboxylic acids is 2. The van der Waals surface area contributed by atoms with Crippen LogP contribution in [0.4, 0.5) is 10.5 Å². The van der Waals surface area contributed by atoms with Gasteiger partial charge in [-0.2, -0.15) is 0 Å². The standard InChI is InChI=1S/C12H14N2O3/c1-7-4-3-5-8(2)10(7)14-11(15)9-6-17-12(16)13-9/h3-5,9H,6H2,1-2H3,(H,13,16)(H,14,15). The third kappa shape index (κ3) is 2.38. The second-order valence-corrected chi connectivity index (χ2v) is 4.05. The molecule has 5 nitrogen and oxygen atoms in total. The molecule has 1 aliphatic rings. The van der Waals surface area contributed by atoms with Crippen LogP contribution in [0, 0.1) is 13.8 Å². The van der Waals surface area contributed by atoms with Crippen LogP contribution in [0.1, 0.15) is 11.1 Å². The lowest BCUT2D eigenvalue weighted by Gasteiger charge is -2.13. The van der Waals surface area contributed by atoms with E-state index >= 15 is 0 Å². The Morgan fingerprint density at radius 1 is 1.41 bits per heavy atom. The van der Waals surface area contributed by atoms with Gasteiger partial charge in [0.2, 0.25) is 0 Å². The fourth-order valence-electron chi connectivity index (χ4n) is 1.75. The maximum absolute atomic E-state index is 11.9. The van der Waals surface area contributed by atoms with Gasteiger partial charge in [0.25, 0.3) is 5.91 Å². The monoisotopic (exact) mass is 234 g/mol. The summed E-state index contributed by atoms with van der Waals surface area (Å²) in [6.07, 6.45) is -0.549. The van der Waals surface area contributed by atoms with E-state index in [2.05, 4.69) is 15.4 Å². The lowest BCUT2D eigenvalue weighted by molar-refractivity contribution is -0.117. The molecule has 1 heterocycles. The molecule has 0 bridgehead atoms. The van der Waals surface area contributed by atoms with Crippen LogP contribution < -0.4 is 10.6 Å². The molecule has 17 heavy (non-hydrogen) atoms. The molecule has 1 saturated heterocycles. The van der Waals surface area contributed by atoms with Crippen molar-refractivity contribution in [3.05, 3.63) is 29.3 Å². The van der Waals surface area contributed by atoms with Crippen LogP contribution in [0.5, 0.6) is 0 Å². The van der Waals surface area contributed by atoms with E-state index in [1.807, 2.05) is 32.0 Å². The summed E-state index contributed by atoms with van der Waals surface area (Å²) in [5.41, 5.74) is 2.77. The molecule has 2 amide bonds. The van der Waals surface area contributed by atoms with Crippen LogP contribution in [-0.4, -0.2) is 24.6 Å². The number of amides is 2. The molecule has 1 fully saturated rings. The van der Waals surface area contributed by atoms with Crippen molar-refractivity contribution < 1.29 is 14.3 Å². The Kier molecular flexibility index (Phi) is 2.99. The molecule has 0 saturated carbocycles. The number of alkyl carbamates (subject to hydrolysis) is 1. The highest BCUT2D eigenvalue weighted by molar-refractivity contribution is 5.98. The summed E-state index contributed by atoms with van der Waals surface area (Å²) in [4.78, 5) is 22.7. The molecular weight excluding hydrogens is 220 g/mol. The van der Waals surface area contributed by atoms with Crippen LogP contribution in [0.25, 0.3) is 0 Å². The Morgan fingerprint density at radius 2 is 2.06 bits per heavy atom. The largest absolute Gasteiger partial charge is 0.447 e. The highest BCUT2D eigenvalue weighted by Gasteiger charge is 2.29. The molecule has 1 aliphatic heterocycles. The van der Waals surface area contributed by atoms with Gasteiger partial charge in [0.15, 0.2) is 0 Å². The summed E-state index contributed by atoms with van der Waals surface area (Å²) >= 11 is 0. The zero-order valence-electron chi connectivity index (χ0n) is 9.74. The fraction of sp³-hybridized carbons (Fsp3) is 0.333. The smallest absolute Gasteiger partial charge is 0.407 e. The van der Waals surface area contributed by atoms with Gasteiger partial charge in [0.1, 0.15) is 12.6 Å². The van der Waals surface area contributed by atoms with Crippen LogP contribution >= 0.6 is 0 Å². The van der Waals surface area contributed by atoms with Gasteiger partial charge in [-0.15, -0.1) is 0 Å². The van der Waals surface area contributed by atoms with E-state index in [1.54, 1.807) is 0 Å². The summed E-state index contributed by atoms with van der Waals surface area (Å²) in [6.45, 7) is 3.92. The first-order chi connectivity index (χ1) is 8.08. The Morgan fingerprint density at radius 3 is 2.59 bits per heavy atom. The van der Waals surface area contributed by atoms with Crippen LogP contribution in [0.2, 0.25) is 0 Å². The van der Waals surface area contributed by atoms with Gasteiger partial charge in [0, 0.05) is 5.69 Å². The van der Waals surface area contributed by atoms with Gasteiger partial charge in [-0.3, -0.25) is 4.79 Å². The highest BCUT2D eigenvalue weighted by atomic mass is 16.6. The molecule has 2 rings (SSSR count). The molecule has 0 aromatic heterocycles. The summed E-state index contributed by atoms with van der Waals surface area (Å²) in [5, 5.41) is 5.25. The van der Waals surface area contributed by atoms with Gasteiger partial charge in [-0.1, -0.05) is 18.2 Å². The lowest BCUT2D eigenvalue weighted by atomic mass is 10.1. The molecule has 1 atom stereocenters. The van der Waals surface area contributed by atoms with E-state index in [0.29, 0.717) is 0 Å². The topological polar surface area (TPSA) is 67.4 Å². The van der Waals surface area contributed by atoms with E-state index < -0.39 is 12.1 Å². The van der Waals surface area contributed by atoms with E-state index in [9.17, 15) is 9.59 Å². The first kappa shape index (κ1) is 11.4. The number of aryl methyl sites for hydroxylation is 2. The minimum atomic E-state index is -0.610. The number of carbonyl (C=O) groups is 2. The Labute approximate surface area is 99.2 Å². The lowest BCUT2D eigenvalue weighted by Crippen LogP contribution is -2.38. The number of cyclic esters (lactones) is 1. The molecule has 0 spiro atoms. The first-order valence-corrected chi connectivity index (χ1v) is 5.38. The predicted molar refractivity (Wildman–Crippen MR) is 62.8 cm³/mol. The van der Waals surface area contributed by atoms with Gasteiger partial charge in [0.05, 0.1) is 0 Å². The van der Waals surface area contributed by atoms with Crippen molar-refractivity contribution in [3.8, 4) is 0 Å². The zero-order chi connectivity index (χ0) is 12.4. The number of nitrogens with one attached hydrogen (secondary N) is 2. The number of rotatable bonds is 2. The average Bonchev–Trinajstić information content (AvgIpc) is 2.70. The van der Waals surface area contributed by atoms with Gasteiger partial charge in [-0.05, 0) is 25.0 Å². The van der Waals surface area contributed by atoms with Gasteiger partial charge >= 0.3 is 6.09 Å². The number of para-hydroxylation sites is 1. The second-order valence-electron chi connectivity index (χ2n) is 4.05. The molecule has 1 aromatic carbocycles. The third-order valence-corrected chi connectivity index (χ3v) is 2.72. The fourth-order valence-corrected chi connectivity index (χ4v) is 1.75. The van der Waals surface area contributed by atoms with E-state index in [0.717, 1.165) is 16.8 Å². The summed E-state index contributed by atoms with van der Waals surface area (Å²) in [6, 6.07) is 5.17.